The Balaban J connectivity index is 1.54. The van der Waals surface area contributed by atoms with E-state index in [9.17, 15) is 26.7 Å². The highest BCUT2D eigenvalue weighted by molar-refractivity contribution is 7.92. The summed E-state index contributed by atoms with van der Waals surface area (Å²) in [5.74, 6) is -2.60. The van der Waals surface area contributed by atoms with Gasteiger partial charge in [-0.1, -0.05) is 12.1 Å². The van der Waals surface area contributed by atoms with Crippen LogP contribution in [0.5, 0.6) is 5.75 Å². The zero-order valence-electron chi connectivity index (χ0n) is 15.9. The van der Waals surface area contributed by atoms with E-state index in [-0.39, 0.29) is 29.2 Å². The molecule has 10 nitrogen and oxygen atoms in total. The Labute approximate surface area is 177 Å². The maximum Gasteiger partial charge on any atom is 0.326 e. The maximum absolute atomic E-state index is 15.3. The summed E-state index contributed by atoms with van der Waals surface area (Å²) in [7, 11) is -7.70. The normalized spacial score (nSPS) is 21.5. The van der Waals surface area contributed by atoms with Crippen LogP contribution < -0.4 is 9.03 Å². The number of aromatic hydroxyl groups is 1. The number of anilines is 1. The van der Waals surface area contributed by atoms with Crippen LogP contribution in [0.4, 0.5) is 10.1 Å². The molecule has 2 aromatic rings. The molecule has 0 radical (unpaired) electrons. The summed E-state index contributed by atoms with van der Waals surface area (Å²) < 4.78 is 67.9. The largest absolute Gasteiger partial charge is 0.506 e. The molecule has 1 amide bonds. The zero-order chi connectivity index (χ0) is 22.1. The van der Waals surface area contributed by atoms with Gasteiger partial charge in [0.25, 0.3) is 5.91 Å². The molecule has 3 heterocycles. The van der Waals surface area contributed by atoms with Crippen LogP contribution in [0.25, 0.3) is 16.5 Å². The summed E-state index contributed by atoms with van der Waals surface area (Å²) in [5.41, 5.74) is 0.0684. The molecule has 164 valence electrons. The van der Waals surface area contributed by atoms with Crippen molar-refractivity contribution in [1.29, 1.82) is 0 Å². The molecule has 31 heavy (non-hydrogen) atoms. The number of phenolic OH excluding ortho intramolecular Hbond substituents is 1. The van der Waals surface area contributed by atoms with Crippen molar-refractivity contribution >= 4 is 48.3 Å². The van der Waals surface area contributed by atoms with Gasteiger partial charge in [-0.2, -0.15) is 12.7 Å². The number of rotatable bonds is 4. The lowest BCUT2D eigenvalue weighted by Gasteiger charge is -2.18. The minimum absolute atomic E-state index is 0.114. The Bertz CT molecular complexity index is 1390. The molecule has 2 N–H and O–H groups in total. The zero-order valence-corrected chi connectivity index (χ0v) is 17.6. The standard InChI is InChI=1S/C18H17FN4O6S2/c19-16-17-10(7-14(24)18(16)23-9-15(25)21-31(23,28)29)1-4-13(20-17)11-5-6-22(8-11)30(26,27)12-2-3-12/h1,4-5,7,12,24H,2-3,6,8-9H2,(H,21,25). The third kappa shape index (κ3) is 3.23. The summed E-state index contributed by atoms with van der Waals surface area (Å²) in [6.45, 7) is -0.350. The van der Waals surface area contributed by atoms with Gasteiger partial charge in [0.05, 0.1) is 10.9 Å². The van der Waals surface area contributed by atoms with Gasteiger partial charge in [0.2, 0.25) is 10.0 Å². The van der Waals surface area contributed by atoms with Crippen LogP contribution in [0, 0.1) is 5.82 Å². The van der Waals surface area contributed by atoms with Gasteiger partial charge in [-0.15, -0.1) is 0 Å². The first-order valence-corrected chi connectivity index (χ1v) is 12.4. The fourth-order valence-corrected chi connectivity index (χ4v) is 6.67. The van der Waals surface area contributed by atoms with Crippen molar-refractivity contribution in [2.24, 2.45) is 0 Å². The Kier molecular flexibility index (Phi) is 4.30. The van der Waals surface area contributed by atoms with E-state index in [2.05, 4.69) is 4.98 Å². The Morgan fingerprint density at radius 2 is 1.97 bits per heavy atom. The van der Waals surface area contributed by atoms with Gasteiger partial charge in [-0.05, 0) is 30.5 Å². The molecule has 1 aromatic carbocycles. The van der Waals surface area contributed by atoms with Crippen LogP contribution >= 0.6 is 0 Å². The van der Waals surface area contributed by atoms with Crippen molar-refractivity contribution in [3.8, 4) is 5.75 Å². The van der Waals surface area contributed by atoms with Gasteiger partial charge in [-0.3, -0.25) is 4.79 Å². The lowest BCUT2D eigenvalue weighted by atomic mass is 10.1. The summed E-state index contributed by atoms with van der Waals surface area (Å²) in [6, 6.07) is 4.25. The molecule has 0 spiro atoms. The molecule has 1 saturated heterocycles. The maximum atomic E-state index is 15.3. The topological polar surface area (TPSA) is 137 Å². The van der Waals surface area contributed by atoms with Crippen molar-refractivity contribution < 1.29 is 31.1 Å². The van der Waals surface area contributed by atoms with E-state index in [0.717, 1.165) is 6.07 Å². The quantitative estimate of drug-likeness (QED) is 0.665. The molecule has 1 saturated carbocycles. The first-order valence-electron chi connectivity index (χ1n) is 9.42. The van der Waals surface area contributed by atoms with Gasteiger partial charge in [0.1, 0.15) is 23.5 Å². The van der Waals surface area contributed by atoms with E-state index in [1.165, 1.54) is 10.4 Å². The van der Waals surface area contributed by atoms with Gasteiger partial charge in [0, 0.05) is 18.5 Å². The minimum atomic E-state index is -4.33. The average molecular weight is 468 g/mol. The number of phenols is 1. The lowest BCUT2D eigenvalue weighted by molar-refractivity contribution is -0.117. The number of carbonyl (C=O) groups is 1. The van der Waals surface area contributed by atoms with Crippen LogP contribution in [-0.4, -0.2) is 62.0 Å². The van der Waals surface area contributed by atoms with Crippen molar-refractivity contribution in [2.75, 3.05) is 23.9 Å². The summed E-state index contributed by atoms with van der Waals surface area (Å²) in [5, 5.41) is 10.1. The van der Waals surface area contributed by atoms with E-state index in [0.29, 0.717) is 28.4 Å². The number of carbonyl (C=O) groups excluding carboxylic acids is 1. The molecule has 13 heteroatoms. The van der Waals surface area contributed by atoms with Gasteiger partial charge in [-0.25, -0.2) is 26.8 Å². The number of nitrogens with zero attached hydrogens (tertiary/aromatic N) is 3. The number of aromatic nitrogens is 1. The van der Waals surface area contributed by atoms with Crippen molar-refractivity contribution in [1.82, 2.24) is 14.0 Å². The highest BCUT2D eigenvalue weighted by Gasteiger charge is 2.41. The number of sulfonamides is 1. The van der Waals surface area contributed by atoms with Crippen molar-refractivity contribution in [3.63, 3.8) is 0 Å². The molecule has 0 unspecified atom stereocenters. The van der Waals surface area contributed by atoms with Gasteiger partial charge < -0.3 is 5.11 Å². The van der Waals surface area contributed by atoms with E-state index in [1.54, 1.807) is 16.9 Å². The minimum Gasteiger partial charge on any atom is -0.506 e. The van der Waals surface area contributed by atoms with E-state index < -0.39 is 49.9 Å². The highest BCUT2D eigenvalue weighted by atomic mass is 32.2. The number of benzene rings is 1. The molecule has 2 fully saturated rings. The summed E-state index contributed by atoms with van der Waals surface area (Å²) >= 11 is 0. The predicted molar refractivity (Wildman–Crippen MR) is 109 cm³/mol. The van der Waals surface area contributed by atoms with Crippen molar-refractivity contribution in [2.45, 2.75) is 18.1 Å². The number of hydrogen-bond acceptors (Lipinski definition) is 7. The lowest BCUT2D eigenvalue weighted by Crippen LogP contribution is -2.31. The molecule has 0 atom stereocenters. The first-order chi connectivity index (χ1) is 14.6. The van der Waals surface area contributed by atoms with E-state index in [4.69, 9.17) is 0 Å². The fraction of sp³-hybridized carbons (Fsp3) is 0.333. The van der Waals surface area contributed by atoms with Crippen LogP contribution in [-0.2, 0) is 25.0 Å². The second-order valence-corrected chi connectivity index (χ2v) is 11.4. The number of nitrogens with one attached hydrogen (secondary N) is 1. The van der Waals surface area contributed by atoms with E-state index in [1.807, 2.05) is 0 Å². The third-order valence-corrected chi connectivity index (χ3v) is 9.16. The smallest absolute Gasteiger partial charge is 0.326 e. The summed E-state index contributed by atoms with van der Waals surface area (Å²) in [4.78, 5) is 15.8. The molecule has 2 aliphatic heterocycles. The highest BCUT2D eigenvalue weighted by Crippen LogP contribution is 2.39. The Hall–Kier alpha value is -2.77. The number of amides is 1. The van der Waals surface area contributed by atoms with Gasteiger partial charge >= 0.3 is 10.2 Å². The number of hydrogen-bond donors (Lipinski definition) is 2. The third-order valence-electron chi connectivity index (χ3n) is 5.47. The Morgan fingerprint density at radius 1 is 1.23 bits per heavy atom. The molecule has 5 rings (SSSR count). The van der Waals surface area contributed by atoms with Crippen LogP contribution in [0.1, 0.15) is 18.5 Å². The Morgan fingerprint density at radius 3 is 2.61 bits per heavy atom. The first kappa shape index (κ1) is 20.2. The molecule has 3 aliphatic rings. The monoisotopic (exact) mass is 468 g/mol. The SMILES string of the molecule is O=C1CN(c2c(O)cc3ccc(C4=CCN(S(=O)(=O)C5CC5)C4)nc3c2F)S(=O)(=O)N1. The predicted octanol–water partition coefficient (Wildman–Crippen LogP) is 0.452. The number of halogens is 1. The average Bonchev–Trinajstić information content (AvgIpc) is 3.37. The molecule has 1 aliphatic carbocycles. The fourth-order valence-electron chi connectivity index (χ4n) is 3.75. The van der Waals surface area contributed by atoms with Crippen LogP contribution in [0.3, 0.4) is 0 Å². The molecule has 1 aromatic heterocycles. The van der Waals surface area contributed by atoms with Crippen LogP contribution in [0.15, 0.2) is 24.3 Å². The van der Waals surface area contributed by atoms with Crippen molar-refractivity contribution in [3.05, 3.63) is 35.8 Å². The number of pyridine rings is 1. The molecule has 0 bridgehead atoms. The van der Waals surface area contributed by atoms with E-state index >= 15 is 4.39 Å². The molecular weight excluding hydrogens is 451 g/mol. The van der Waals surface area contributed by atoms with Gasteiger partial charge in [0.15, 0.2) is 5.82 Å². The number of fused-ring (bicyclic) bond motifs is 1. The molecular formula is C18H17FN4O6S2. The van der Waals surface area contributed by atoms with Crippen LogP contribution in [0.2, 0.25) is 0 Å². The summed E-state index contributed by atoms with van der Waals surface area (Å²) in [6.07, 6.45) is 3.01. The second kappa shape index (κ2) is 6.61. The second-order valence-electron chi connectivity index (χ2n) is 7.63.